The summed E-state index contributed by atoms with van der Waals surface area (Å²) in [5.74, 6) is 0. The van der Waals surface area contributed by atoms with Gasteiger partial charge in [0, 0.05) is 5.56 Å². The maximum Gasteiger partial charge on any atom is 0.0894 e. The smallest absolute Gasteiger partial charge is 0.0894 e. The molecule has 0 spiro atoms. The average Bonchev–Trinajstić information content (AvgIpc) is 2.96. The van der Waals surface area contributed by atoms with E-state index < -0.39 is 0 Å². The van der Waals surface area contributed by atoms with Gasteiger partial charge in [0.25, 0.3) is 0 Å². The highest BCUT2D eigenvalue weighted by molar-refractivity contribution is 6.21. The minimum Gasteiger partial charge on any atom is -0.252 e. The van der Waals surface area contributed by atoms with Crippen LogP contribution in [0, 0.1) is 0 Å². The first kappa shape index (κ1) is 20.5. The summed E-state index contributed by atoms with van der Waals surface area (Å²) in [4.78, 5) is 9.61. The van der Waals surface area contributed by atoms with Crippen molar-refractivity contribution in [3.63, 3.8) is 0 Å². The largest absolute Gasteiger partial charge is 0.252 e. The fourth-order valence-corrected chi connectivity index (χ4v) is 5.27. The Balaban J connectivity index is 1.60. The lowest BCUT2D eigenvalue weighted by atomic mass is 9.85. The van der Waals surface area contributed by atoms with Gasteiger partial charge in [0.05, 0.1) is 22.9 Å². The second kappa shape index (κ2) is 8.44. The third kappa shape index (κ3) is 3.35. The summed E-state index contributed by atoms with van der Waals surface area (Å²) >= 11 is 0. The maximum atomic E-state index is 4.94. The van der Waals surface area contributed by atoms with Gasteiger partial charge < -0.3 is 0 Å². The van der Waals surface area contributed by atoms with Crippen molar-refractivity contribution in [2.45, 2.75) is 0 Å². The van der Waals surface area contributed by atoms with E-state index in [4.69, 9.17) is 4.98 Å². The SMILES string of the molecule is c1ccc(-c2c3ccccc3c(-c3ccccc3)c3cc(-c4cnc5ccccc5n4)ccc23)cc1. The molecule has 6 aromatic carbocycles. The Labute approximate surface area is 209 Å². The first-order valence-electron chi connectivity index (χ1n) is 12.2. The van der Waals surface area contributed by atoms with E-state index in [2.05, 4.69) is 108 Å². The zero-order valence-corrected chi connectivity index (χ0v) is 19.6. The normalized spacial score (nSPS) is 11.3. The van der Waals surface area contributed by atoms with E-state index in [1.54, 1.807) is 0 Å². The molecule has 2 heteroatoms. The molecule has 0 unspecified atom stereocenters. The second-order valence-corrected chi connectivity index (χ2v) is 9.03. The molecule has 7 aromatic rings. The van der Waals surface area contributed by atoms with Crippen molar-refractivity contribution in [3.8, 4) is 33.5 Å². The molecule has 0 saturated carbocycles. The van der Waals surface area contributed by atoms with Crippen molar-refractivity contribution in [1.29, 1.82) is 0 Å². The topological polar surface area (TPSA) is 25.8 Å². The first-order chi connectivity index (χ1) is 17.9. The Kier molecular flexibility index (Phi) is 4.82. The van der Waals surface area contributed by atoms with Crippen LogP contribution in [0.4, 0.5) is 0 Å². The highest BCUT2D eigenvalue weighted by atomic mass is 14.8. The van der Waals surface area contributed by atoms with E-state index >= 15 is 0 Å². The van der Waals surface area contributed by atoms with Crippen molar-refractivity contribution < 1.29 is 0 Å². The van der Waals surface area contributed by atoms with E-state index in [0.29, 0.717) is 0 Å². The lowest BCUT2D eigenvalue weighted by Gasteiger charge is -2.18. The molecule has 0 saturated heterocycles. The highest BCUT2D eigenvalue weighted by Gasteiger charge is 2.17. The fourth-order valence-electron chi connectivity index (χ4n) is 5.27. The molecule has 0 N–H and O–H groups in total. The van der Waals surface area contributed by atoms with Crippen LogP contribution in [-0.2, 0) is 0 Å². The summed E-state index contributed by atoms with van der Waals surface area (Å²) in [7, 11) is 0. The molecule has 0 fully saturated rings. The molecule has 1 aromatic heterocycles. The van der Waals surface area contributed by atoms with Crippen LogP contribution in [-0.4, -0.2) is 9.97 Å². The summed E-state index contributed by atoms with van der Waals surface area (Å²) in [6.45, 7) is 0. The Morgan fingerprint density at radius 1 is 0.389 bits per heavy atom. The molecular weight excluding hydrogens is 436 g/mol. The van der Waals surface area contributed by atoms with Gasteiger partial charge in [-0.15, -0.1) is 0 Å². The van der Waals surface area contributed by atoms with E-state index in [1.807, 2.05) is 30.5 Å². The van der Waals surface area contributed by atoms with E-state index in [0.717, 1.165) is 22.3 Å². The van der Waals surface area contributed by atoms with Gasteiger partial charge in [-0.25, -0.2) is 4.98 Å². The fraction of sp³-hybridized carbons (Fsp3) is 0. The number of benzene rings is 6. The van der Waals surface area contributed by atoms with E-state index in [1.165, 1.54) is 43.8 Å². The van der Waals surface area contributed by atoms with Crippen LogP contribution in [0.25, 0.3) is 66.1 Å². The molecule has 0 bridgehead atoms. The minimum absolute atomic E-state index is 0.879. The lowest BCUT2D eigenvalue weighted by Crippen LogP contribution is -1.93. The van der Waals surface area contributed by atoms with Gasteiger partial charge in [-0.3, -0.25) is 4.98 Å². The standard InChI is InChI=1S/C34H22N2/c1-3-11-23(12-4-1)33-26-15-7-8-16-27(26)34(24-13-5-2-6-14-24)29-21-25(19-20-28(29)33)32-22-35-30-17-9-10-18-31(30)36-32/h1-22H. The van der Waals surface area contributed by atoms with Crippen molar-refractivity contribution in [3.05, 3.63) is 134 Å². The van der Waals surface area contributed by atoms with Gasteiger partial charge in [-0.05, 0) is 62.0 Å². The van der Waals surface area contributed by atoms with Gasteiger partial charge >= 0.3 is 0 Å². The number of aromatic nitrogens is 2. The number of hydrogen-bond acceptors (Lipinski definition) is 2. The van der Waals surface area contributed by atoms with Gasteiger partial charge in [-0.2, -0.15) is 0 Å². The van der Waals surface area contributed by atoms with Crippen molar-refractivity contribution >= 4 is 32.6 Å². The zero-order valence-electron chi connectivity index (χ0n) is 19.6. The Morgan fingerprint density at radius 3 is 1.58 bits per heavy atom. The van der Waals surface area contributed by atoms with Crippen LogP contribution < -0.4 is 0 Å². The molecule has 0 atom stereocenters. The van der Waals surface area contributed by atoms with Crippen LogP contribution >= 0.6 is 0 Å². The summed E-state index contributed by atoms with van der Waals surface area (Å²) in [5, 5.41) is 4.95. The number of hydrogen-bond donors (Lipinski definition) is 0. The number of nitrogens with zero attached hydrogens (tertiary/aromatic N) is 2. The molecular formula is C34H22N2. The quantitative estimate of drug-likeness (QED) is 0.247. The highest BCUT2D eigenvalue weighted by Crippen LogP contribution is 2.44. The Hall–Kier alpha value is -4.82. The maximum absolute atomic E-state index is 4.94. The van der Waals surface area contributed by atoms with Crippen LogP contribution in [0.3, 0.4) is 0 Å². The summed E-state index contributed by atoms with van der Waals surface area (Å²) in [5.41, 5.74) is 8.69. The van der Waals surface area contributed by atoms with Crippen LogP contribution in [0.2, 0.25) is 0 Å². The van der Waals surface area contributed by atoms with Crippen LogP contribution in [0.15, 0.2) is 134 Å². The first-order valence-corrected chi connectivity index (χ1v) is 12.2. The minimum atomic E-state index is 0.879. The molecule has 7 rings (SSSR count). The molecule has 1 heterocycles. The Morgan fingerprint density at radius 2 is 0.917 bits per heavy atom. The van der Waals surface area contributed by atoms with Crippen molar-refractivity contribution in [2.75, 3.05) is 0 Å². The second-order valence-electron chi connectivity index (χ2n) is 9.03. The molecule has 36 heavy (non-hydrogen) atoms. The van der Waals surface area contributed by atoms with Crippen molar-refractivity contribution in [2.24, 2.45) is 0 Å². The van der Waals surface area contributed by atoms with E-state index in [9.17, 15) is 0 Å². The van der Waals surface area contributed by atoms with Gasteiger partial charge in [0.2, 0.25) is 0 Å². The average molecular weight is 459 g/mol. The molecule has 0 aliphatic heterocycles. The molecule has 0 amide bonds. The lowest BCUT2D eigenvalue weighted by molar-refractivity contribution is 1.29. The van der Waals surface area contributed by atoms with Crippen LogP contribution in [0.5, 0.6) is 0 Å². The Bertz CT molecular complexity index is 1870. The number of rotatable bonds is 3. The summed E-state index contributed by atoms with van der Waals surface area (Å²) in [6.07, 6.45) is 1.88. The number of fused-ring (bicyclic) bond motifs is 3. The summed E-state index contributed by atoms with van der Waals surface area (Å²) in [6, 6.07) is 44.9. The third-order valence-electron chi connectivity index (χ3n) is 6.89. The number of para-hydroxylation sites is 2. The molecule has 0 radical (unpaired) electrons. The van der Waals surface area contributed by atoms with Crippen molar-refractivity contribution in [1.82, 2.24) is 9.97 Å². The molecule has 168 valence electrons. The van der Waals surface area contributed by atoms with Gasteiger partial charge in [-0.1, -0.05) is 109 Å². The molecule has 0 aliphatic carbocycles. The van der Waals surface area contributed by atoms with Crippen LogP contribution in [0.1, 0.15) is 0 Å². The monoisotopic (exact) mass is 458 g/mol. The molecule has 0 aliphatic rings. The predicted molar refractivity (Wildman–Crippen MR) is 151 cm³/mol. The van der Waals surface area contributed by atoms with Gasteiger partial charge in [0.1, 0.15) is 0 Å². The predicted octanol–water partition coefficient (Wildman–Crippen LogP) is 8.94. The van der Waals surface area contributed by atoms with E-state index in [-0.39, 0.29) is 0 Å². The summed E-state index contributed by atoms with van der Waals surface area (Å²) < 4.78 is 0. The van der Waals surface area contributed by atoms with Gasteiger partial charge in [0.15, 0.2) is 0 Å². The molecule has 2 nitrogen and oxygen atoms in total. The zero-order chi connectivity index (χ0) is 23.9. The third-order valence-corrected chi connectivity index (χ3v) is 6.89.